The Bertz CT molecular complexity index is 416. The first-order valence-electron chi connectivity index (χ1n) is 3.59. The van der Waals surface area contributed by atoms with Crippen LogP contribution in [0.25, 0.3) is 0 Å². The van der Waals surface area contributed by atoms with E-state index in [2.05, 4.69) is 4.28 Å². The van der Waals surface area contributed by atoms with Crippen molar-refractivity contribution in [3.8, 4) is 5.75 Å². The van der Waals surface area contributed by atoms with Crippen molar-refractivity contribution in [1.29, 1.82) is 0 Å². The normalized spacial score (nSPS) is 11.3. The van der Waals surface area contributed by atoms with Crippen LogP contribution in [-0.4, -0.2) is 25.1 Å². The third-order valence-electron chi connectivity index (χ3n) is 1.43. The van der Waals surface area contributed by atoms with E-state index in [1.807, 2.05) is 0 Å². The highest BCUT2D eigenvalue weighted by Crippen LogP contribution is 2.25. The van der Waals surface area contributed by atoms with Gasteiger partial charge in [0.05, 0.1) is 0 Å². The van der Waals surface area contributed by atoms with E-state index in [4.69, 9.17) is 4.55 Å². The zero-order valence-electron chi connectivity index (χ0n) is 7.28. The number of phenolic OH excluding ortho intramolecular Hbond substituents is 1. The van der Waals surface area contributed by atoms with E-state index in [1.165, 1.54) is 19.2 Å². The molecule has 0 atom stereocenters. The second kappa shape index (κ2) is 3.82. The lowest BCUT2D eigenvalue weighted by Crippen LogP contribution is -2.22. The van der Waals surface area contributed by atoms with E-state index in [0.29, 0.717) is 0 Å². The van der Waals surface area contributed by atoms with Crippen molar-refractivity contribution >= 4 is 16.1 Å². The van der Waals surface area contributed by atoms with Crippen LogP contribution in [0.4, 0.5) is 5.69 Å². The SMILES string of the molecule is CN(OS(=O)(=O)O)c1ccccc1O. The Kier molecular flexibility index (Phi) is 2.94. The number of aromatic hydroxyl groups is 1. The zero-order chi connectivity index (χ0) is 10.8. The first-order chi connectivity index (χ1) is 6.40. The van der Waals surface area contributed by atoms with E-state index in [9.17, 15) is 13.5 Å². The highest BCUT2D eigenvalue weighted by Gasteiger charge is 2.13. The van der Waals surface area contributed by atoms with Gasteiger partial charge in [-0.1, -0.05) is 12.1 Å². The monoisotopic (exact) mass is 219 g/mol. The summed E-state index contributed by atoms with van der Waals surface area (Å²) in [5.74, 6) is -0.154. The van der Waals surface area contributed by atoms with Crippen LogP contribution in [0.3, 0.4) is 0 Å². The van der Waals surface area contributed by atoms with Gasteiger partial charge in [-0.3, -0.25) is 4.55 Å². The average Bonchev–Trinajstić information content (AvgIpc) is 2.01. The van der Waals surface area contributed by atoms with Gasteiger partial charge >= 0.3 is 10.4 Å². The van der Waals surface area contributed by atoms with Crippen LogP contribution < -0.4 is 5.06 Å². The Balaban J connectivity index is 2.90. The molecule has 0 saturated carbocycles. The number of rotatable bonds is 3. The van der Waals surface area contributed by atoms with E-state index < -0.39 is 10.4 Å². The van der Waals surface area contributed by atoms with Crippen LogP contribution in [0.15, 0.2) is 24.3 Å². The molecule has 0 aromatic heterocycles. The van der Waals surface area contributed by atoms with Gasteiger partial charge in [0.1, 0.15) is 11.4 Å². The highest BCUT2D eigenvalue weighted by atomic mass is 32.3. The average molecular weight is 219 g/mol. The fraction of sp³-hybridized carbons (Fsp3) is 0.143. The molecule has 0 bridgehead atoms. The molecule has 2 N–H and O–H groups in total. The number of hydrogen-bond acceptors (Lipinski definition) is 5. The number of para-hydroxylation sites is 2. The van der Waals surface area contributed by atoms with Crippen LogP contribution in [0.5, 0.6) is 5.75 Å². The Morgan fingerprint density at radius 1 is 1.36 bits per heavy atom. The fourth-order valence-corrected chi connectivity index (χ4v) is 1.27. The maximum Gasteiger partial charge on any atom is 0.418 e. The summed E-state index contributed by atoms with van der Waals surface area (Å²) in [4.78, 5) is 0. The fourth-order valence-electron chi connectivity index (χ4n) is 0.912. The Morgan fingerprint density at radius 3 is 2.43 bits per heavy atom. The van der Waals surface area contributed by atoms with Crippen molar-refractivity contribution in [2.45, 2.75) is 0 Å². The molecule has 0 unspecified atom stereocenters. The minimum Gasteiger partial charge on any atom is -0.506 e. The Labute approximate surface area is 81.3 Å². The topological polar surface area (TPSA) is 87.1 Å². The molecule has 0 fully saturated rings. The van der Waals surface area contributed by atoms with Crippen LogP contribution in [0.1, 0.15) is 0 Å². The molecule has 78 valence electrons. The second-order valence-corrected chi connectivity index (χ2v) is 3.49. The van der Waals surface area contributed by atoms with Gasteiger partial charge in [-0.2, -0.15) is 8.42 Å². The number of hydrogen-bond donors (Lipinski definition) is 2. The molecule has 0 spiro atoms. The number of benzene rings is 1. The quantitative estimate of drug-likeness (QED) is 0.570. The summed E-state index contributed by atoms with van der Waals surface area (Å²) in [6, 6.07) is 5.94. The first kappa shape index (κ1) is 10.8. The van der Waals surface area contributed by atoms with E-state index >= 15 is 0 Å². The molecule has 6 nitrogen and oxygen atoms in total. The van der Waals surface area contributed by atoms with Gasteiger partial charge in [0.2, 0.25) is 0 Å². The van der Waals surface area contributed by atoms with E-state index in [0.717, 1.165) is 5.06 Å². The summed E-state index contributed by atoms with van der Waals surface area (Å²) >= 11 is 0. The third kappa shape index (κ3) is 2.87. The number of hydroxylamine groups is 1. The zero-order valence-corrected chi connectivity index (χ0v) is 8.10. The molecule has 0 radical (unpaired) electrons. The van der Waals surface area contributed by atoms with Gasteiger partial charge in [0.25, 0.3) is 0 Å². The molecule has 0 saturated heterocycles. The smallest absolute Gasteiger partial charge is 0.418 e. The van der Waals surface area contributed by atoms with Crippen molar-refractivity contribution in [3.63, 3.8) is 0 Å². The molecular formula is C7H9NO5S. The first-order valence-corrected chi connectivity index (χ1v) is 4.95. The maximum atomic E-state index is 10.3. The lowest BCUT2D eigenvalue weighted by molar-refractivity contribution is 0.256. The number of nitrogens with zero attached hydrogens (tertiary/aromatic N) is 1. The predicted octanol–water partition coefficient (Wildman–Crippen LogP) is 0.563. The van der Waals surface area contributed by atoms with Crippen LogP contribution >= 0.6 is 0 Å². The van der Waals surface area contributed by atoms with Crippen LogP contribution in [0, 0.1) is 0 Å². The summed E-state index contributed by atoms with van der Waals surface area (Å²) in [7, 11) is -3.33. The van der Waals surface area contributed by atoms with Crippen LogP contribution in [0.2, 0.25) is 0 Å². The molecule has 0 aliphatic carbocycles. The molecule has 14 heavy (non-hydrogen) atoms. The van der Waals surface area contributed by atoms with Gasteiger partial charge in [0, 0.05) is 7.05 Å². The lowest BCUT2D eigenvalue weighted by atomic mass is 10.3. The molecule has 1 rings (SSSR count). The molecular weight excluding hydrogens is 210 g/mol. The molecule has 0 amide bonds. The molecule has 0 heterocycles. The molecule has 7 heteroatoms. The van der Waals surface area contributed by atoms with Crippen molar-refractivity contribution < 1.29 is 22.4 Å². The second-order valence-electron chi connectivity index (χ2n) is 2.49. The minimum absolute atomic E-state index is 0.130. The largest absolute Gasteiger partial charge is 0.506 e. The van der Waals surface area contributed by atoms with Crippen molar-refractivity contribution in [3.05, 3.63) is 24.3 Å². The summed E-state index contributed by atoms with van der Waals surface area (Å²) in [6.07, 6.45) is 0. The Morgan fingerprint density at radius 2 is 1.93 bits per heavy atom. The standard InChI is InChI=1S/C7H9NO5S/c1-8(13-14(10,11)12)6-4-2-3-5-7(6)9/h2-5,9H,1H3,(H,10,11,12). The van der Waals surface area contributed by atoms with Gasteiger partial charge < -0.3 is 5.11 Å². The summed E-state index contributed by atoms with van der Waals surface area (Å²) in [5.41, 5.74) is 0.130. The van der Waals surface area contributed by atoms with E-state index in [-0.39, 0.29) is 11.4 Å². The van der Waals surface area contributed by atoms with Crippen molar-refractivity contribution in [2.75, 3.05) is 12.1 Å². The molecule has 1 aromatic carbocycles. The van der Waals surface area contributed by atoms with Crippen molar-refractivity contribution in [2.24, 2.45) is 0 Å². The maximum absolute atomic E-state index is 10.3. The van der Waals surface area contributed by atoms with Gasteiger partial charge in [0.15, 0.2) is 0 Å². The van der Waals surface area contributed by atoms with Gasteiger partial charge in [-0.15, -0.1) is 4.28 Å². The summed E-state index contributed by atoms with van der Waals surface area (Å²) in [6.45, 7) is 0. The molecule has 0 aliphatic heterocycles. The highest BCUT2D eigenvalue weighted by molar-refractivity contribution is 7.80. The van der Waals surface area contributed by atoms with E-state index in [1.54, 1.807) is 12.1 Å². The lowest BCUT2D eigenvalue weighted by Gasteiger charge is -2.16. The molecule has 1 aromatic rings. The minimum atomic E-state index is -4.57. The van der Waals surface area contributed by atoms with Crippen molar-refractivity contribution in [1.82, 2.24) is 0 Å². The number of phenols is 1. The molecule has 0 aliphatic rings. The van der Waals surface area contributed by atoms with Crippen LogP contribution in [-0.2, 0) is 14.7 Å². The number of anilines is 1. The Hall–Kier alpha value is -1.31. The summed E-state index contributed by atoms with van der Waals surface area (Å²) in [5, 5.41) is 10.0. The third-order valence-corrected chi connectivity index (χ3v) is 1.84. The predicted molar refractivity (Wildman–Crippen MR) is 49.1 cm³/mol. The van der Waals surface area contributed by atoms with Gasteiger partial charge in [-0.25, -0.2) is 5.06 Å². The summed E-state index contributed by atoms with van der Waals surface area (Å²) < 4.78 is 33.1. The van der Waals surface area contributed by atoms with Gasteiger partial charge in [-0.05, 0) is 12.1 Å².